The highest BCUT2D eigenvalue weighted by Gasteiger charge is 2.35. The molecule has 2 aliphatic rings. The van der Waals surface area contributed by atoms with E-state index in [1.165, 1.54) is 0 Å². The minimum absolute atomic E-state index is 0.0728. The molecule has 0 aromatic carbocycles. The SMILES string of the molecule is O=C1CCC=C1CCCCCC1(CO)OCCO1. The van der Waals surface area contributed by atoms with Crippen LogP contribution in [0, 0.1) is 0 Å². The van der Waals surface area contributed by atoms with Crippen LogP contribution in [0.3, 0.4) is 0 Å². The second-order valence-corrected chi connectivity index (χ2v) is 5.02. The molecule has 0 amide bonds. The minimum Gasteiger partial charge on any atom is -0.391 e. The van der Waals surface area contributed by atoms with E-state index in [9.17, 15) is 9.90 Å². The maximum atomic E-state index is 11.4. The molecule has 0 radical (unpaired) electrons. The first kappa shape index (κ1) is 13.7. The zero-order valence-electron chi connectivity index (χ0n) is 10.8. The van der Waals surface area contributed by atoms with E-state index in [0.717, 1.165) is 44.1 Å². The Balaban J connectivity index is 1.60. The predicted molar refractivity (Wildman–Crippen MR) is 67.1 cm³/mol. The van der Waals surface area contributed by atoms with Gasteiger partial charge < -0.3 is 14.6 Å². The summed E-state index contributed by atoms with van der Waals surface area (Å²) < 4.78 is 10.9. The van der Waals surface area contributed by atoms with E-state index in [4.69, 9.17) is 9.47 Å². The van der Waals surface area contributed by atoms with Gasteiger partial charge in [0.25, 0.3) is 0 Å². The summed E-state index contributed by atoms with van der Waals surface area (Å²) in [6.07, 6.45) is 8.35. The molecule has 2 rings (SSSR count). The van der Waals surface area contributed by atoms with Crippen molar-refractivity contribution in [1.82, 2.24) is 0 Å². The number of aliphatic hydroxyl groups excluding tert-OH is 1. The van der Waals surface area contributed by atoms with Crippen molar-refractivity contribution in [2.45, 2.75) is 50.7 Å². The fourth-order valence-corrected chi connectivity index (χ4v) is 2.59. The van der Waals surface area contributed by atoms with E-state index in [1.807, 2.05) is 0 Å². The van der Waals surface area contributed by atoms with Crippen molar-refractivity contribution in [2.24, 2.45) is 0 Å². The standard InChI is InChI=1S/C14H22O4/c15-11-14(17-9-10-18-14)8-3-1-2-5-12-6-4-7-13(12)16/h6,15H,1-5,7-11H2. The van der Waals surface area contributed by atoms with Gasteiger partial charge in [0, 0.05) is 12.8 Å². The number of rotatable bonds is 7. The van der Waals surface area contributed by atoms with Crippen molar-refractivity contribution in [1.29, 1.82) is 0 Å². The monoisotopic (exact) mass is 254 g/mol. The first-order valence-corrected chi connectivity index (χ1v) is 6.87. The topological polar surface area (TPSA) is 55.8 Å². The predicted octanol–water partition coefficient (Wildman–Crippen LogP) is 1.96. The lowest BCUT2D eigenvalue weighted by Gasteiger charge is -2.24. The Morgan fingerprint density at radius 1 is 1.22 bits per heavy atom. The summed E-state index contributed by atoms with van der Waals surface area (Å²) in [4.78, 5) is 11.4. The summed E-state index contributed by atoms with van der Waals surface area (Å²) in [5.41, 5.74) is 1.01. The average Bonchev–Trinajstić information content (AvgIpc) is 3.00. The van der Waals surface area contributed by atoms with Gasteiger partial charge in [-0.25, -0.2) is 0 Å². The van der Waals surface area contributed by atoms with Crippen molar-refractivity contribution in [3.8, 4) is 0 Å². The van der Waals surface area contributed by atoms with E-state index in [2.05, 4.69) is 6.08 Å². The molecule has 0 unspecified atom stereocenters. The van der Waals surface area contributed by atoms with Gasteiger partial charge in [-0.2, -0.15) is 0 Å². The zero-order valence-corrected chi connectivity index (χ0v) is 10.8. The van der Waals surface area contributed by atoms with Crippen LogP contribution >= 0.6 is 0 Å². The molecule has 0 aromatic rings. The van der Waals surface area contributed by atoms with E-state index in [1.54, 1.807) is 0 Å². The smallest absolute Gasteiger partial charge is 0.191 e. The minimum atomic E-state index is -0.748. The van der Waals surface area contributed by atoms with Crippen molar-refractivity contribution < 1.29 is 19.4 Å². The van der Waals surface area contributed by atoms with E-state index in [0.29, 0.717) is 25.4 Å². The average molecular weight is 254 g/mol. The Bertz CT molecular complexity index is 316. The first-order chi connectivity index (χ1) is 8.76. The molecule has 1 fully saturated rings. The number of ketones is 1. The molecule has 4 nitrogen and oxygen atoms in total. The first-order valence-electron chi connectivity index (χ1n) is 6.87. The molecule has 1 saturated heterocycles. The third-order valence-corrected chi connectivity index (χ3v) is 3.68. The molecule has 102 valence electrons. The van der Waals surface area contributed by atoms with Crippen LogP contribution in [0.4, 0.5) is 0 Å². The van der Waals surface area contributed by atoms with Gasteiger partial charge in [0.2, 0.25) is 0 Å². The van der Waals surface area contributed by atoms with Crippen molar-refractivity contribution in [3.63, 3.8) is 0 Å². The Hall–Kier alpha value is -0.710. The van der Waals surface area contributed by atoms with Gasteiger partial charge in [-0.15, -0.1) is 0 Å². The van der Waals surface area contributed by atoms with Crippen LogP contribution < -0.4 is 0 Å². The molecule has 0 saturated carbocycles. The molecule has 1 aliphatic carbocycles. The maximum absolute atomic E-state index is 11.4. The van der Waals surface area contributed by atoms with E-state index < -0.39 is 5.79 Å². The Labute approximate surface area is 108 Å². The quantitative estimate of drug-likeness (QED) is 0.706. The highest BCUT2D eigenvalue weighted by Crippen LogP contribution is 2.26. The van der Waals surface area contributed by atoms with Crippen LogP contribution in [0.5, 0.6) is 0 Å². The summed E-state index contributed by atoms with van der Waals surface area (Å²) >= 11 is 0. The lowest BCUT2D eigenvalue weighted by atomic mass is 10.0. The molecule has 0 atom stereocenters. The Kier molecular flexibility index (Phi) is 4.92. The molecular weight excluding hydrogens is 232 g/mol. The Morgan fingerprint density at radius 3 is 2.61 bits per heavy atom. The second kappa shape index (κ2) is 6.45. The molecule has 18 heavy (non-hydrogen) atoms. The third-order valence-electron chi connectivity index (χ3n) is 3.68. The maximum Gasteiger partial charge on any atom is 0.191 e. The van der Waals surface area contributed by atoms with Gasteiger partial charge in [0.05, 0.1) is 19.8 Å². The van der Waals surface area contributed by atoms with Crippen LogP contribution in [0.2, 0.25) is 0 Å². The number of ether oxygens (including phenoxy) is 2. The molecule has 1 N–H and O–H groups in total. The normalized spacial score (nSPS) is 22.5. The number of allylic oxidation sites excluding steroid dienone is 2. The number of aliphatic hydroxyl groups is 1. The van der Waals surface area contributed by atoms with Crippen LogP contribution in [0.1, 0.15) is 44.9 Å². The molecule has 1 heterocycles. The summed E-state index contributed by atoms with van der Waals surface area (Å²) in [5.74, 6) is -0.424. The van der Waals surface area contributed by atoms with Gasteiger partial charge in [-0.3, -0.25) is 4.79 Å². The largest absolute Gasteiger partial charge is 0.391 e. The summed E-state index contributed by atoms with van der Waals surface area (Å²) in [6.45, 7) is 1.07. The third kappa shape index (κ3) is 3.40. The number of unbranched alkanes of at least 4 members (excludes halogenated alkanes) is 2. The highest BCUT2D eigenvalue weighted by molar-refractivity contribution is 5.97. The van der Waals surface area contributed by atoms with Crippen LogP contribution in [-0.4, -0.2) is 36.5 Å². The second-order valence-electron chi connectivity index (χ2n) is 5.02. The molecule has 1 aliphatic heterocycles. The van der Waals surface area contributed by atoms with Crippen molar-refractivity contribution >= 4 is 5.78 Å². The number of hydrogen-bond donors (Lipinski definition) is 1. The van der Waals surface area contributed by atoms with Crippen LogP contribution in [0.25, 0.3) is 0 Å². The zero-order chi connectivity index (χ0) is 12.8. The number of hydrogen-bond acceptors (Lipinski definition) is 4. The van der Waals surface area contributed by atoms with Crippen molar-refractivity contribution in [2.75, 3.05) is 19.8 Å². The van der Waals surface area contributed by atoms with Gasteiger partial charge in [0.1, 0.15) is 0 Å². The highest BCUT2D eigenvalue weighted by atomic mass is 16.7. The van der Waals surface area contributed by atoms with Gasteiger partial charge in [-0.05, 0) is 31.3 Å². The number of carbonyl (C=O) groups excluding carboxylic acids is 1. The molecule has 0 bridgehead atoms. The number of Topliss-reactive ketones (excluding diaryl/α,β-unsaturated/α-hetero) is 1. The number of carbonyl (C=O) groups is 1. The van der Waals surface area contributed by atoms with Crippen LogP contribution in [-0.2, 0) is 14.3 Å². The summed E-state index contributed by atoms with van der Waals surface area (Å²) in [7, 11) is 0. The molecular formula is C14H22O4. The van der Waals surface area contributed by atoms with Crippen LogP contribution in [0.15, 0.2) is 11.6 Å². The van der Waals surface area contributed by atoms with Gasteiger partial charge >= 0.3 is 0 Å². The van der Waals surface area contributed by atoms with Gasteiger partial charge in [0.15, 0.2) is 11.6 Å². The van der Waals surface area contributed by atoms with E-state index >= 15 is 0 Å². The lowest BCUT2D eigenvalue weighted by molar-refractivity contribution is -0.187. The Morgan fingerprint density at radius 2 is 2.00 bits per heavy atom. The van der Waals surface area contributed by atoms with Crippen molar-refractivity contribution in [3.05, 3.63) is 11.6 Å². The summed E-state index contributed by atoms with van der Waals surface area (Å²) in [6, 6.07) is 0. The molecule has 0 aromatic heterocycles. The molecule has 0 spiro atoms. The van der Waals surface area contributed by atoms with Gasteiger partial charge in [-0.1, -0.05) is 12.5 Å². The fourth-order valence-electron chi connectivity index (χ4n) is 2.59. The summed E-state index contributed by atoms with van der Waals surface area (Å²) in [5, 5.41) is 9.28. The van der Waals surface area contributed by atoms with E-state index in [-0.39, 0.29) is 6.61 Å². The lowest BCUT2D eigenvalue weighted by Crippen LogP contribution is -2.34. The molecule has 4 heteroatoms. The fraction of sp³-hybridized carbons (Fsp3) is 0.786.